The SMILES string of the molecule is O=C(NC1CC1)c1ccc(-c2cc(NCc3cccnc3)nc3[nH]ccc23)cc1. The maximum absolute atomic E-state index is 12.2. The van der Waals surface area contributed by atoms with Crippen LogP contribution in [-0.2, 0) is 6.54 Å². The number of nitrogens with zero attached hydrogens (tertiary/aromatic N) is 2. The van der Waals surface area contributed by atoms with Gasteiger partial charge in [0.05, 0.1) is 0 Å². The Kier molecular flexibility index (Phi) is 4.44. The Hall–Kier alpha value is -3.67. The van der Waals surface area contributed by atoms with Crippen molar-refractivity contribution in [3.8, 4) is 11.1 Å². The molecule has 1 aromatic carbocycles. The van der Waals surface area contributed by atoms with E-state index in [9.17, 15) is 4.79 Å². The van der Waals surface area contributed by atoms with Crippen molar-refractivity contribution in [1.29, 1.82) is 0 Å². The minimum absolute atomic E-state index is 0.000559. The smallest absolute Gasteiger partial charge is 0.251 e. The first kappa shape index (κ1) is 17.4. The maximum Gasteiger partial charge on any atom is 0.251 e. The Labute approximate surface area is 168 Å². The van der Waals surface area contributed by atoms with Gasteiger partial charge in [0.25, 0.3) is 5.91 Å². The van der Waals surface area contributed by atoms with E-state index >= 15 is 0 Å². The molecular weight excluding hydrogens is 362 g/mol. The molecular formula is C23H21N5O. The first-order chi connectivity index (χ1) is 14.3. The third kappa shape index (κ3) is 3.82. The summed E-state index contributed by atoms with van der Waals surface area (Å²) in [4.78, 5) is 24.3. The van der Waals surface area contributed by atoms with Gasteiger partial charge in [0.1, 0.15) is 11.5 Å². The molecule has 1 aliphatic rings. The minimum atomic E-state index is -0.000559. The van der Waals surface area contributed by atoms with Crippen molar-refractivity contribution in [2.24, 2.45) is 0 Å². The minimum Gasteiger partial charge on any atom is -0.366 e. The Bertz CT molecular complexity index is 1150. The zero-order valence-electron chi connectivity index (χ0n) is 15.9. The van der Waals surface area contributed by atoms with E-state index in [1.54, 1.807) is 6.20 Å². The molecule has 0 aliphatic heterocycles. The first-order valence-electron chi connectivity index (χ1n) is 9.78. The predicted octanol–water partition coefficient (Wildman–Crippen LogP) is 4.13. The molecule has 4 aromatic rings. The van der Waals surface area contributed by atoms with Crippen LogP contribution in [0.25, 0.3) is 22.2 Å². The fourth-order valence-electron chi connectivity index (χ4n) is 3.36. The summed E-state index contributed by atoms with van der Waals surface area (Å²) in [5.74, 6) is 0.786. The second-order valence-electron chi connectivity index (χ2n) is 7.33. The number of hydrogen-bond donors (Lipinski definition) is 3. The third-order valence-electron chi connectivity index (χ3n) is 5.10. The number of hydrogen-bond acceptors (Lipinski definition) is 4. The molecule has 6 heteroatoms. The number of anilines is 1. The molecule has 1 aliphatic carbocycles. The highest BCUT2D eigenvalue weighted by Crippen LogP contribution is 2.30. The van der Waals surface area contributed by atoms with Crippen LogP contribution in [0.15, 0.2) is 67.1 Å². The van der Waals surface area contributed by atoms with Crippen molar-refractivity contribution in [2.45, 2.75) is 25.4 Å². The molecule has 5 rings (SSSR count). The molecule has 0 spiro atoms. The van der Waals surface area contributed by atoms with Gasteiger partial charge in [-0.1, -0.05) is 18.2 Å². The zero-order valence-corrected chi connectivity index (χ0v) is 15.9. The monoisotopic (exact) mass is 383 g/mol. The highest BCUT2D eigenvalue weighted by atomic mass is 16.1. The van der Waals surface area contributed by atoms with E-state index in [4.69, 9.17) is 0 Å². The van der Waals surface area contributed by atoms with Crippen molar-refractivity contribution < 1.29 is 4.79 Å². The van der Waals surface area contributed by atoms with E-state index in [1.165, 1.54) is 0 Å². The van der Waals surface area contributed by atoms with Crippen LogP contribution in [0.1, 0.15) is 28.8 Å². The summed E-state index contributed by atoms with van der Waals surface area (Å²) in [7, 11) is 0. The molecule has 0 atom stereocenters. The molecule has 0 radical (unpaired) electrons. The second kappa shape index (κ2) is 7.39. The standard InChI is InChI=1S/C23H21N5O/c29-23(27-18-7-8-18)17-5-3-16(4-6-17)20-12-21(28-22-19(20)9-11-25-22)26-14-15-2-1-10-24-13-15/h1-6,9-13,18H,7-8,14H2,(H,27,29)(H2,25,26,28). The number of rotatable bonds is 6. The molecule has 144 valence electrons. The van der Waals surface area contributed by atoms with E-state index in [1.807, 2.05) is 60.9 Å². The van der Waals surface area contributed by atoms with E-state index in [-0.39, 0.29) is 5.91 Å². The maximum atomic E-state index is 12.2. The average Bonchev–Trinajstić information content (AvgIpc) is 3.45. The molecule has 0 unspecified atom stereocenters. The fraction of sp³-hybridized carbons (Fsp3) is 0.174. The highest BCUT2D eigenvalue weighted by molar-refractivity contribution is 5.97. The lowest BCUT2D eigenvalue weighted by Crippen LogP contribution is -2.25. The molecule has 1 amide bonds. The van der Waals surface area contributed by atoms with Gasteiger partial charge in [0.2, 0.25) is 0 Å². The molecule has 3 N–H and O–H groups in total. The number of fused-ring (bicyclic) bond motifs is 1. The Morgan fingerprint density at radius 1 is 1.14 bits per heavy atom. The summed E-state index contributed by atoms with van der Waals surface area (Å²) in [6.45, 7) is 0.646. The lowest BCUT2D eigenvalue weighted by Gasteiger charge is -2.10. The van der Waals surface area contributed by atoms with Crippen molar-refractivity contribution in [2.75, 3.05) is 5.32 Å². The molecule has 3 heterocycles. The van der Waals surface area contributed by atoms with E-state index in [2.05, 4.69) is 25.6 Å². The Balaban J connectivity index is 1.42. The van der Waals surface area contributed by atoms with Crippen LogP contribution in [0.2, 0.25) is 0 Å². The molecule has 0 bridgehead atoms. The first-order valence-corrected chi connectivity index (χ1v) is 9.78. The number of carbonyl (C=O) groups is 1. The van der Waals surface area contributed by atoms with Crippen molar-refractivity contribution >= 4 is 22.8 Å². The normalized spacial score (nSPS) is 13.4. The van der Waals surface area contributed by atoms with Gasteiger partial charge >= 0.3 is 0 Å². The molecule has 1 saturated carbocycles. The van der Waals surface area contributed by atoms with Crippen molar-refractivity contribution in [3.05, 3.63) is 78.2 Å². The second-order valence-corrected chi connectivity index (χ2v) is 7.33. The summed E-state index contributed by atoms with van der Waals surface area (Å²) >= 11 is 0. The summed E-state index contributed by atoms with van der Waals surface area (Å²) in [5.41, 5.74) is 4.72. The zero-order chi connectivity index (χ0) is 19.6. The van der Waals surface area contributed by atoms with Gasteiger partial charge in [-0.25, -0.2) is 4.98 Å². The lowest BCUT2D eigenvalue weighted by atomic mass is 10.0. The fourth-order valence-corrected chi connectivity index (χ4v) is 3.36. The van der Waals surface area contributed by atoms with Gasteiger partial charge in [-0.3, -0.25) is 9.78 Å². The van der Waals surface area contributed by atoms with Crippen molar-refractivity contribution in [3.63, 3.8) is 0 Å². The number of amides is 1. The van der Waals surface area contributed by atoms with Crippen LogP contribution in [0.3, 0.4) is 0 Å². The van der Waals surface area contributed by atoms with Gasteiger partial charge in [0, 0.05) is 42.1 Å². The summed E-state index contributed by atoms with van der Waals surface area (Å²) < 4.78 is 0. The van der Waals surface area contributed by atoms with Crippen molar-refractivity contribution in [1.82, 2.24) is 20.3 Å². The Morgan fingerprint density at radius 2 is 2.00 bits per heavy atom. The number of H-pyrrole nitrogens is 1. The highest BCUT2D eigenvalue weighted by Gasteiger charge is 2.23. The number of aromatic nitrogens is 3. The topological polar surface area (TPSA) is 82.7 Å². The van der Waals surface area contributed by atoms with Crippen LogP contribution in [-0.4, -0.2) is 26.9 Å². The quantitative estimate of drug-likeness (QED) is 0.468. The number of nitrogens with one attached hydrogen (secondary N) is 3. The van der Waals surface area contributed by atoms with Gasteiger partial charge < -0.3 is 15.6 Å². The Morgan fingerprint density at radius 3 is 2.76 bits per heavy atom. The number of pyridine rings is 2. The van der Waals surface area contributed by atoms with E-state index in [0.29, 0.717) is 18.2 Å². The van der Waals surface area contributed by atoms with Crippen LogP contribution in [0.4, 0.5) is 5.82 Å². The van der Waals surface area contributed by atoms with Gasteiger partial charge in [0.15, 0.2) is 0 Å². The molecule has 3 aromatic heterocycles. The molecule has 29 heavy (non-hydrogen) atoms. The predicted molar refractivity (Wildman–Crippen MR) is 114 cm³/mol. The number of benzene rings is 1. The van der Waals surface area contributed by atoms with E-state index in [0.717, 1.165) is 46.4 Å². The molecule has 1 fully saturated rings. The summed E-state index contributed by atoms with van der Waals surface area (Å²) in [6, 6.07) is 16.1. The van der Waals surface area contributed by atoms with Crippen LogP contribution >= 0.6 is 0 Å². The molecule has 0 saturated heterocycles. The third-order valence-corrected chi connectivity index (χ3v) is 5.10. The van der Waals surface area contributed by atoms with E-state index < -0.39 is 0 Å². The molecule has 6 nitrogen and oxygen atoms in total. The largest absolute Gasteiger partial charge is 0.366 e. The number of carbonyl (C=O) groups excluding carboxylic acids is 1. The van der Waals surface area contributed by atoms with Crippen LogP contribution in [0, 0.1) is 0 Å². The number of aromatic amines is 1. The lowest BCUT2D eigenvalue weighted by molar-refractivity contribution is 0.0951. The summed E-state index contributed by atoms with van der Waals surface area (Å²) in [5, 5.41) is 7.45. The van der Waals surface area contributed by atoms with Gasteiger partial charge in [-0.2, -0.15) is 0 Å². The van der Waals surface area contributed by atoms with Crippen LogP contribution in [0.5, 0.6) is 0 Å². The van der Waals surface area contributed by atoms with Gasteiger partial charge in [-0.15, -0.1) is 0 Å². The average molecular weight is 383 g/mol. The van der Waals surface area contributed by atoms with Gasteiger partial charge in [-0.05, 0) is 59.9 Å². The summed E-state index contributed by atoms with van der Waals surface area (Å²) in [6.07, 6.45) is 7.66. The van der Waals surface area contributed by atoms with Crippen LogP contribution < -0.4 is 10.6 Å².